The maximum absolute atomic E-state index is 13.2. The van der Waals surface area contributed by atoms with Crippen LogP contribution >= 0.6 is 11.3 Å². The lowest BCUT2D eigenvalue weighted by atomic mass is 9.89. The second kappa shape index (κ2) is 7.11. The number of aromatic amines is 1. The molecular formula is C21H29N4O3S+. The van der Waals surface area contributed by atoms with E-state index in [0.29, 0.717) is 43.5 Å². The van der Waals surface area contributed by atoms with Gasteiger partial charge >= 0.3 is 0 Å². The molecule has 0 unspecified atom stereocenters. The van der Waals surface area contributed by atoms with Crippen LogP contribution in [0.25, 0.3) is 10.2 Å². The van der Waals surface area contributed by atoms with Gasteiger partial charge in [0.2, 0.25) is 0 Å². The van der Waals surface area contributed by atoms with E-state index < -0.39 is 0 Å². The molecule has 5 rings (SSSR count). The van der Waals surface area contributed by atoms with Gasteiger partial charge in [-0.3, -0.25) is 9.69 Å². The predicted molar refractivity (Wildman–Crippen MR) is 114 cm³/mol. The molecule has 5 heterocycles. The molecule has 0 bridgehead atoms. The van der Waals surface area contributed by atoms with Crippen LogP contribution in [0.15, 0.2) is 0 Å². The minimum absolute atomic E-state index is 0.0168. The molecular weight excluding hydrogens is 388 g/mol. The van der Waals surface area contributed by atoms with Gasteiger partial charge in [-0.2, -0.15) is 0 Å². The molecule has 29 heavy (non-hydrogen) atoms. The predicted octanol–water partition coefficient (Wildman–Crippen LogP) is 2.22. The van der Waals surface area contributed by atoms with Crippen molar-refractivity contribution in [3.05, 3.63) is 16.0 Å². The topological polar surface area (TPSA) is 82.2 Å². The van der Waals surface area contributed by atoms with Gasteiger partial charge in [-0.1, -0.05) is 11.3 Å². The number of nitrogens with two attached hydrogens (primary N) is 1. The number of rotatable bonds is 2. The summed E-state index contributed by atoms with van der Waals surface area (Å²) >= 11 is 1.49. The van der Waals surface area contributed by atoms with Gasteiger partial charge in [0.15, 0.2) is 4.83 Å². The van der Waals surface area contributed by atoms with E-state index in [1.165, 1.54) is 35.3 Å². The zero-order valence-electron chi connectivity index (χ0n) is 17.2. The molecule has 7 nitrogen and oxygen atoms in total. The molecule has 3 N–H and O–H groups in total. The summed E-state index contributed by atoms with van der Waals surface area (Å²) in [7, 11) is 0. The highest BCUT2D eigenvalue weighted by Gasteiger charge is 2.37. The van der Waals surface area contributed by atoms with Crippen molar-refractivity contribution >= 4 is 39.0 Å². The molecule has 0 atom stereocenters. The normalized spacial score (nSPS) is 21.6. The number of nitrogens with zero attached hydrogens (tertiary/aromatic N) is 2. The average molecular weight is 418 g/mol. The number of H-pyrrole nitrogens is 1. The minimum atomic E-state index is -0.244. The van der Waals surface area contributed by atoms with Gasteiger partial charge in [0, 0.05) is 19.5 Å². The van der Waals surface area contributed by atoms with E-state index in [9.17, 15) is 4.79 Å². The van der Waals surface area contributed by atoms with Gasteiger partial charge < -0.3 is 20.1 Å². The number of thiophene rings is 1. The van der Waals surface area contributed by atoms with Gasteiger partial charge in [0.1, 0.15) is 4.88 Å². The fraction of sp³-hybridized carbons (Fsp3) is 0.619. The zero-order valence-corrected chi connectivity index (χ0v) is 18.0. The van der Waals surface area contributed by atoms with Gasteiger partial charge in [-0.25, -0.2) is 4.98 Å². The van der Waals surface area contributed by atoms with Crippen LogP contribution in [-0.2, 0) is 22.5 Å². The van der Waals surface area contributed by atoms with Crippen LogP contribution in [0.3, 0.4) is 0 Å². The molecule has 0 radical (unpaired) electrons. The Bertz CT molecular complexity index is 959. The van der Waals surface area contributed by atoms with Crippen molar-refractivity contribution in [3.8, 4) is 0 Å². The highest BCUT2D eigenvalue weighted by atomic mass is 32.1. The number of morpholine rings is 1. The molecule has 0 spiro atoms. The molecule has 2 aromatic rings. The maximum Gasteiger partial charge on any atom is 0.281 e. The van der Waals surface area contributed by atoms with E-state index in [2.05, 4.69) is 23.7 Å². The number of anilines is 2. The molecule has 0 aromatic carbocycles. The maximum atomic E-state index is 13.2. The fourth-order valence-corrected chi connectivity index (χ4v) is 5.80. The first kappa shape index (κ1) is 19.1. The fourth-order valence-electron chi connectivity index (χ4n) is 4.68. The number of carbonyl (C=O) groups is 1. The van der Waals surface area contributed by atoms with Crippen molar-refractivity contribution in [3.63, 3.8) is 0 Å². The molecule has 3 aliphatic heterocycles. The Labute approximate surface area is 174 Å². The van der Waals surface area contributed by atoms with E-state index in [4.69, 9.17) is 15.2 Å². The van der Waals surface area contributed by atoms with Crippen molar-refractivity contribution in [1.29, 1.82) is 0 Å². The second-order valence-corrected chi connectivity index (χ2v) is 9.82. The molecule has 2 aromatic heterocycles. The summed E-state index contributed by atoms with van der Waals surface area (Å²) in [5, 5.41) is 1.01. The van der Waals surface area contributed by atoms with Crippen LogP contribution in [0, 0.1) is 0 Å². The quantitative estimate of drug-likeness (QED) is 0.810. The van der Waals surface area contributed by atoms with E-state index in [0.717, 1.165) is 35.5 Å². The number of nitrogen functional groups attached to an aromatic ring is 1. The summed E-state index contributed by atoms with van der Waals surface area (Å²) < 4.78 is 11.6. The SMILES string of the molecule is CC1(C)Cc2c(c(N3CCCC3)[nH+]c3sc(C(=O)N4CCOCC4)c(N)c23)CO1. The standard InChI is InChI=1S/C21H28N4O3S/c1-21(2)11-13-14(12-28-21)18(24-5-3-4-6-24)23-19-15(13)16(22)17(29-19)20(26)25-7-9-27-10-8-25/h3-12,22H2,1-2H3/p+1. The monoisotopic (exact) mass is 417 g/mol. The smallest absolute Gasteiger partial charge is 0.281 e. The first-order valence-corrected chi connectivity index (χ1v) is 11.3. The summed E-state index contributed by atoms with van der Waals surface area (Å²) in [5.41, 5.74) is 9.43. The van der Waals surface area contributed by atoms with Gasteiger partial charge in [-0.05, 0) is 32.3 Å². The van der Waals surface area contributed by atoms with E-state index in [1.807, 2.05) is 4.90 Å². The number of amides is 1. The van der Waals surface area contributed by atoms with Gasteiger partial charge in [0.25, 0.3) is 11.7 Å². The number of fused-ring (bicyclic) bond motifs is 3. The molecule has 0 saturated carbocycles. The molecule has 8 heteroatoms. The van der Waals surface area contributed by atoms with Crippen molar-refractivity contribution in [1.82, 2.24) is 4.90 Å². The third kappa shape index (κ3) is 3.27. The van der Waals surface area contributed by atoms with E-state index in [1.54, 1.807) is 0 Å². The minimum Gasteiger partial charge on any atom is -0.397 e. The number of hydrogen-bond acceptors (Lipinski definition) is 6. The number of hydrogen-bond donors (Lipinski definition) is 1. The summed E-state index contributed by atoms with van der Waals surface area (Å²) in [5.74, 6) is 1.16. The first-order chi connectivity index (χ1) is 13.9. The number of aromatic nitrogens is 1. The largest absolute Gasteiger partial charge is 0.397 e. The van der Waals surface area contributed by atoms with Crippen LogP contribution < -0.4 is 15.6 Å². The number of nitrogens with one attached hydrogen (secondary N) is 1. The van der Waals surface area contributed by atoms with Crippen LogP contribution in [0.2, 0.25) is 0 Å². The first-order valence-electron chi connectivity index (χ1n) is 10.5. The Balaban J connectivity index is 1.65. The Hall–Kier alpha value is -1.90. The van der Waals surface area contributed by atoms with Gasteiger partial charge in [0.05, 0.1) is 55.1 Å². The summed E-state index contributed by atoms with van der Waals surface area (Å²) in [6.45, 7) is 9.33. The van der Waals surface area contributed by atoms with E-state index in [-0.39, 0.29) is 11.5 Å². The van der Waals surface area contributed by atoms with Crippen LogP contribution in [0.1, 0.15) is 47.5 Å². The van der Waals surface area contributed by atoms with Crippen LogP contribution in [0.4, 0.5) is 11.5 Å². The molecule has 0 aliphatic carbocycles. The average Bonchev–Trinajstić information content (AvgIpc) is 3.35. The summed E-state index contributed by atoms with van der Waals surface area (Å²) in [6.07, 6.45) is 3.21. The Morgan fingerprint density at radius 3 is 2.59 bits per heavy atom. The molecule has 1 amide bonds. The lowest BCUT2D eigenvalue weighted by Gasteiger charge is -2.32. The molecule has 3 aliphatic rings. The Kier molecular flexibility index (Phi) is 4.68. The lowest BCUT2D eigenvalue weighted by Crippen LogP contribution is -2.40. The lowest BCUT2D eigenvalue weighted by molar-refractivity contribution is -0.328. The highest BCUT2D eigenvalue weighted by molar-refractivity contribution is 7.20. The molecule has 2 fully saturated rings. The third-order valence-corrected chi connectivity index (χ3v) is 7.36. The third-order valence-electron chi connectivity index (χ3n) is 6.25. The van der Waals surface area contributed by atoms with Crippen molar-refractivity contribution in [2.24, 2.45) is 0 Å². The van der Waals surface area contributed by atoms with Crippen molar-refractivity contribution < 1.29 is 19.3 Å². The highest BCUT2D eigenvalue weighted by Crippen LogP contribution is 2.42. The number of ether oxygens (including phenoxy) is 2. The molecule has 156 valence electrons. The Morgan fingerprint density at radius 2 is 1.86 bits per heavy atom. The summed E-state index contributed by atoms with van der Waals surface area (Å²) in [4.78, 5) is 22.7. The number of pyridine rings is 1. The molecule has 2 saturated heterocycles. The van der Waals surface area contributed by atoms with E-state index >= 15 is 0 Å². The number of carbonyl (C=O) groups excluding carboxylic acids is 1. The second-order valence-electron chi connectivity index (χ2n) is 8.80. The van der Waals surface area contributed by atoms with Gasteiger partial charge in [-0.15, -0.1) is 0 Å². The van der Waals surface area contributed by atoms with Crippen molar-refractivity contribution in [2.45, 2.75) is 45.3 Å². The van der Waals surface area contributed by atoms with Crippen LogP contribution in [-0.4, -0.2) is 55.8 Å². The summed E-state index contributed by atoms with van der Waals surface area (Å²) in [6, 6.07) is 0. The van der Waals surface area contributed by atoms with Crippen LogP contribution in [0.5, 0.6) is 0 Å². The zero-order chi connectivity index (χ0) is 20.2. The Morgan fingerprint density at radius 1 is 1.14 bits per heavy atom. The van der Waals surface area contributed by atoms with Crippen molar-refractivity contribution in [2.75, 3.05) is 50.0 Å².